The molecular formula is C32H37NO10. The van der Waals surface area contributed by atoms with Crippen LogP contribution in [0.2, 0.25) is 0 Å². The van der Waals surface area contributed by atoms with Crippen molar-refractivity contribution in [2.24, 2.45) is 0 Å². The van der Waals surface area contributed by atoms with Crippen molar-refractivity contribution in [1.29, 1.82) is 0 Å². The summed E-state index contributed by atoms with van der Waals surface area (Å²) >= 11 is 0. The fraction of sp³-hybridized carbons (Fsp3) is 0.344. The van der Waals surface area contributed by atoms with Crippen LogP contribution in [0.15, 0.2) is 60.7 Å². The SMILES string of the molecule is COc1ccc(CC2(CCC(=O)OCc3ccccc3)NCCc3cc(OC)c(OC)cc32)cc1OC.O=C(O)C(=O)O. The van der Waals surface area contributed by atoms with Gasteiger partial charge < -0.3 is 39.2 Å². The first-order valence-electron chi connectivity index (χ1n) is 13.5. The van der Waals surface area contributed by atoms with Gasteiger partial charge in [-0.15, -0.1) is 0 Å². The maximum Gasteiger partial charge on any atom is 0.414 e. The van der Waals surface area contributed by atoms with Gasteiger partial charge in [0.2, 0.25) is 0 Å². The second-order valence-corrected chi connectivity index (χ2v) is 9.75. The molecule has 1 aliphatic rings. The van der Waals surface area contributed by atoms with Crippen LogP contribution >= 0.6 is 0 Å². The van der Waals surface area contributed by atoms with E-state index >= 15 is 0 Å². The van der Waals surface area contributed by atoms with Crippen LogP contribution in [0.3, 0.4) is 0 Å². The number of carbonyl (C=O) groups is 3. The number of ether oxygens (including phenoxy) is 5. The van der Waals surface area contributed by atoms with Gasteiger partial charge in [-0.3, -0.25) is 4.79 Å². The smallest absolute Gasteiger partial charge is 0.414 e. The predicted molar refractivity (Wildman–Crippen MR) is 157 cm³/mol. The Bertz CT molecular complexity index is 1400. The van der Waals surface area contributed by atoms with E-state index in [9.17, 15) is 4.79 Å². The number of methoxy groups -OCH3 is 4. The molecule has 0 fully saturated rings. The Kier molecular flexibility index (Phi) is 11.8. The third-order valence-corrected chi connectivity index (χ3v) is 7.12. The van der Waals surface area contributed by atoms with Gasteiger partial charge in [0, 0.05) is 18.5 Å². The summed E-state index contributed by atoms with van der Waals surface area (Å²) in [4.78, 5) is 31.0. The standard InChI is InChI=1S/C30H35NO6.C2H2O4/c1-33-25-11-10-22(16-26(25)34-2)19-30(14-12-29(32)37-20-21-8-6-5-7-9-21)24-18-28(36-4)27(35-3)17-23(24)13-15-31-30;3-1(4)2(5)6/h5-11,16-18,31H,12-15,19-20H2,1-4H3;(H,3,4)(H,5,6). The number of nitrogens with one attached hydrogen (secondary N) is 1. The molecule has 11 nitrogen and oxygen atoms in total. The molecule has 0 spiro atoms. The number of carbonyl (C=O) groups excluding carboxylic acids is 1. The number of hydrogen-bond donors (Lipinski definition) is 3. The van der Waals surface area contributed by atoms with Crippen molar-refractivity contribution in [3.8, 4) is 23.0 Å². The van der Waals surface area contributed by atoms with E-state index in [4.69, 9.17) is 43.5 Å². The molecule has 3 aromatic carbocycles. The second-order valence-electron chi connectivity index (χ2n) is 9.75. The minimum atomic E-state index is -1.82. The molecule has 4 rings (SSSR count). The highest BCUT2D eigenvalue weighted by Crippen LogP contribution is 2.42. The van der Waals surface area contributed by atoms with Crippen LogP contribution in [-0.2, 0) is 44.1 Å². The van der Waals surface area contributed by atoms with Crippen LogP contribution in [0.1, 0.15) is 35.1 Å². The van der Waals surface area contributed by atoms with Crippen LogP contribution in [0.25, 0.3) is 0 Å². The van der Waals surface area contributed by atoms with Crippen molar-refractivity contribution in [2.75, 3.05) is 35.0 Å². The fourth-order valence-corrected chi connectivity index (χ4v) is 5.04. The molecule has 11 heteroatoms. The first-order chi connectivity index (χ1) is 20.7. The molecule has 3 N–H and O–H groups in total. The largest absolute Gasteiger partial charge is 0.493 e. The predicted octanol–water partition coefficient (Wildman–Crippen LogP) is 3.98. The molecule has 1 aliphatic heterocycles. The first kappa shape index (κ1) is 32.7. The van der Waals surface area contributed by atoms with Gasteiger partial charge in [-0.1, -0.05) is 36.4 Å². The molecule has 0 aliphatic carbocycles. The number of fused-ring (bicyclic) bond motifs is 1. The lowest BCUT2D eigenvalue weighted by Crippen LogP contribution is -2.49. The van der Waals surface area contributed by atoms with Gasteiger partial charge in [-0.05, 0) is 65.8 Å². The van der Waals surface area contributed by atoms with Gasteiger partial charge in [0.25, 0.3) is 0 Å². The van der Waals surface area contributed by atoms with Gasteiger partial charge in [0.1, 0.15) is 6.61 Å². The summed E-state index contributed by atoms with van der Waals surface area (Å²) in [7, 11) is 6.53. The summed E-state index contributed by atoms with van der Waals surface area (Å²) in [5.41, 5.74) is 3.79. The Labute approximate surface area is 250 Å². The van der Waals surface area contributed by atoms with E-state index in [0.29, 0.717) is 35.8 Å². The number of hydrogen-bond acceptors (Lipinski definition) is 9. The lowest BCUT2D eigenvalue weighted by atomic mass is 9.75. The number of benzene rings is 3. The average molecular weight is 596 g/mol. The molecule has 0 amide bonds. The van der Waals surface area contributed by atoms with Crippen LogP contribution < -0.4 is 24.3 Å². The molecule has 230 valence electrons. The highest BCUT2D eigenvalue weighted by Gasteiger charge is 2.38. The maximum absolute atomic E-state index is 12.8. The van der Waals surface area contributed by atoms with Gasteiger partial charge in [0.05, 0.1) is 28.4 Å². The molecule has 0 bridgehead atoms. The number of esters is 1. The Hall–Kier alpha value is -4.77. The molecule has 1 atom stereocenters. The van der Waals surface area contributed by atoms with E-state index in [1.807, 2.05) is 60.7 Å². The van der Waals surface area contributed by atoms with Crippen LogP contribution in [0.5, 0.6) is 23.0 Å². The molecule has 43 heavy (non-hydrogen) atoms. The molecule has 1 unspecified atom stereocenters. The third kappa shape index (κ3) is 8.62. The van der Waals surface area contributed by atoms with E-state index in [-0.39, 0.29) is 19.0 Å². The Morgan fingerprint density at radius 2 is 1.37 bits per heavy atom. The molecule has 0 aromatic heterocycles. The number of rotatable bonds is 11. The van der Waals surface area contributed by atoms with Crippen LogP contribution in [-0.4, -0.2) is 63.1 Å². The van der Waals surface area contributed by atoms with Crippen molar-refractivity contribution in [1.82, 2.24) is 5.32 Å². The third-order valence-electron chi connectivity index (χ3n) is 7.12. The zero-order valence-corrected chi connectivity index (χ0v) is 24.7. The number of carboxylic acid groups (broad SMARTS) is 2. The molecule has 0 radical (unpaired) electrons. The van der Waals surface area contributed by atoms with Gasteiger partial charge >= 0.3 is 17.9 Å². The lowest BCUT2D eigenvalue weighted by molar-refractivity contribution is -0.159. The van der Waals surface area contributed by atoms with E-state index in [0.717, 1.165) is 29.7 Å². The summed E-state index contributed by atoms with van der Waals surface area (Å²) in [5.74, 6) is -1.18. The fourth-order valence-electron chi connectivity index (χ4n) is 5.04. The van der Waals surface area contributed by atoms with Crippen molar-refractivity contribution in [3.05, 3.63) is 82.9 Å². The van der Waals surface area contributed by atoms with E-state index in [1.165, 1.54) is 5.56 Å². The summed E-state index contributed by atoms with van der Waals surface area (Å²) in [6.45, 7) is 1.03. The Morgan fingerprint density at radius 1 is 0.767 bits per heavy atom. The van der Waals surface area contributed by atoms with E-state index in [2.05, 4.69) is 5.32 Å². The van der Waals surface area contributed by atoms with Crippen LogP contribution in [0, 0.1) is 0 Å². The van der Waals surface area contributed by atoms with Gasteiger partial charge in [0.15, 0.2) is 23.0 Å². The van der Waals surface area contributed by atoms with E-state index < -0.39 is 17.5 Å². The monoisotopic (exact) mass is 595 g/mol. The molecular weight excluding hydrogens is 558 g/mol. The Balaban J connectivity index is 0.000000765. The van der Waals surface area contributed by atoms with Crippen molar-refractivity contribution >= 4 is 17.9 Å². The van der Waals surface area contributed by atoms with Crippen molar-refractivity contribution in [2.45, 2.75) is 37.8 Å². The summed E-state index contributed by atoms with van der Waals surface area (Å²) < 4.78 is 27.8. The van der Waals surface area contributed by atoms with Crippen molar-refractivity contribution in [3.63, 3.8) is 0 Å². The zero-order chi connectivity index (χ0) is 31.4. The first-order valence-corrected chi connectivity index (χ1v) is 13.5. The minimum Gasteiger partial charge on any atom is -0.493 e. The molecule has 0 saturated heterocycles. The highest BCUT2D eigenvalue weighted by molar-refractivity contribution is 6.27. The second kappa shape index (κ2) is 15.5. The van der Waals surface area contributed by atoms with Crippen molar-refractivity contribution < 1.29 is 48.3 Å². The van der Waals surface area contributed by atoms with Gasteiger partial charge in [-0.2, -0.15) is 0 Å². The molecule has 3 aromatic rings. The van der Waals surface area contributed by atoms with Gasteiger partial charge in [-0.25, -0.2) is 9.59 Å². The number of carboxylic acids is 2. The maximum atomic E-state index is 12.8. The van der Waals surface area contributed by atoms with E-state index in [1.54, 1.807) is 28.4 Å². The normalized spacial score (nSPS) is 15.2. The highest BCUT2D eigenvalue weighted by atomic mass is 16.5. The average Bonchev–Trinajstić information content (AvgIpc) is 3.03. The quantitative estimate of drug-likeness (QED) is 0.218. The number of aliphatic carboxylic acids is 2. The lowest BCUT2D eigenvalue weighted by Gasteiger charge is -2.41. The summed E-state index contributed by atoms with van der Waals surface area (Å²) in [6, 6.07) is 19.7. The minimum absolute atomic E-state index is 0.232. The topological polar surface area (TPSA) is 150 Å². The van der Waals surface area contributed by atoms with Crippen LogP contribution in [0.4, 0.5) is 0 Å². The molecule has 1 heterocycles. The Morgan fingerprint density at radius 3 is 1.98 bits per heavy atom. The summed E-state index contributed by atoms with van der Waals surface area (Å²) in [5, 5.41) is 18.5. The molecule has 0 saturated carbocycles. The summed E-state index contributed by atoms with van der Waals surface area (Å²) in [6.07, 6.45) is 2.31. The zero-order valence-electron chi connectivity index (χ0n) is 24.7.